The molecule has 0 heterocycles. The van der Waals surface area contributed by atoms with E-state index >= 15 is 0 Å². The highest BCUT2D eigenvalue weighted by molar-refractivity contribution is 7.85. The Labute approximate surface area is 141 Å². The van der Waals surface area contributed by atoms with Crippen molar-refractivity contribution >= 4 is 24.3 Å². The van der Waals surface area contributed by atoms with Crippen molar-refractivity contribution in [3.63, 3.8) is 0 Å². The fourth-order valence-electron chi connectivity index (χ4n) is 1.75. The molecule has 1 N–H and O–H groups in total. The standard InChI is InChI=1S/C17H20N2O3S/c1-10(2)9-22-15-6-5-13(7-14(15)8-18)11(3)19-12(4)16(23)17(20)21/h5-7,10,23H,9H2,1-4H3,(H,20,21)/b16-12-,19-11?. The second kappa shape index (κ2) is 8.39. The molecule has 0 atom stereocenters. The number of carboxylic acid groups (broad SMARTS) is 1. The second-order valence-electron chi connectivity index (χ2n) is 5.46. The third-order valence-electron chi connectivity index (χ3n) is 2.97. The van der Waals surface area contributed by atoms with Gasteiger partial charge in [0.1, 0.15) is 16.7 Å². The Hall–Kier alpha value is -2.26. The van der Waals surface area contributed by atoms with Crippen molar-refractivity contribution in [2.24, 2.45) is 10.9 Å². The largest absolute Gasteiger partial charge is 0.492 e. The Morgan fingerprint density at radius 2 is 2.09 bits per heavy atom. The van der Waals surface area contributed by atoms with Crippen LogP contribution in [0.3, 0.4) is 0 Å². The van der Waals surface area contributed by atoms with Crippen LogP contribution in [-0.2, 0) is 4.79 Å². The van der Waals surface area contributed by atoms with Crippen LogP contribution in [0.4, 0.5) is 0 Å². The van der Waals surface area contributed by atoms with Crippen molar-refractivity contribution in [3.05, 3.63) is 39.9 Å². The summed E-state index contributed by atoms with van der Waals surface area (Å²) >= 11 is 3.91. The molecule has 0 saturated heterocycles. The number of allylic oxidation sites excluding steroid dienone is 1. The zero-order valence-corrected chi connectivity index (χ0v) is 14.5. The van der Waals surface area contributed by atoms with Gasteiger partial charge in [0, 0.05) is 5.71 Å². The lowest BCUT2D eigenvalue weighted by Crippen LogP contribution is -2.06. The van der Waals surface area contributed by atoms with Gasteiger partial charge >= 0.3 is 5.97 Å². The van der Waals surface area contributed by atoms with E-state index in [1.165, 1.54) is 0 Å². The lowest BCUT2D eigenvalue weighted by molar-refractivity contribution is -0.131. The first-order chi connectivity index (χ1) is 10.8. The van der Waals surface area contributed by atoms with E-state index in [0.29, 0.717) is 35.2 Å². The molecule has 0 aliphatic carbocycles. The molecule has 0 aliphatic rings. The third-order valence-corrected chi connectivity index (χ3v) is 3.49. The lowest BCUT2D eigenvalue weighted by atomic mass is 10.1. The van der Waals surface area contributed by atoms with Gasteiger partial charge in [-0.25, -0.2) is 4.79 Å². The van der Waals surface area contributed by atoms with Crippen LogP contribution in [0, 0.1) is 17.2 Å². The number of carbonyl (C=O) groups is 1. The van der Waals surface area contributed by atoms with Crippen molar-refractivity contribution in [2.45, 2.75) is 27.7 Å². The van der Waals surface area contributed by atoms with Crippen molar-refractivity contribution in [1.82, 2.24) is 0 Å². The van der Waals surface area contributed by atoms with E-state index in [-0.39, 0.29) is 4.91 Å². The summed E-state index contributed by atoms with van der Waals surface area (Å²) in [7, 11) is 0. The molecule has 0 unspecified atom stereocenters. The predicted octanol–water partition coefficient (Wildman–Crippen LogP) is 3.65. The number of hydrogen-bond donors (Lipinski definition) is 2. The van der Waals surface area contributed by atoms with E-state index in [4.69, 9.17) is 9.84 Å². The second-order valence-corrected chi connectivity index (χ2v) is 5.91. The zero-order valence-electron chi connectivity index (χ0n) is 13.6. The van der Waals surface area contributed by atoms with Gasteiger partial charge in [-0.1, -0.05) is 13.8 Å². The normalized spacial score (nSPS) is 12.7. The Balaban J connectivity index is 3.13. The average molecular weight is 332 g/mol. The zero-order chi connectivity index (χ0) is 17.6. The molecule has 1 aromatic carbocycles. The molecule has 0 saturated carbocycles. The number of nitrogens with zero attached hydrogens (tertiary/aromatic N) is 2. The molecular formula is C17H20N2O3S. The number of aliphatic imine (C=N–C) groups is 1. The molecule has 1 rings (SSSR count). The van der Waals surface area contributed by atoms with E-state index in [1.807, 2.05) is 13.8 Å². The number of aliphatic carboxylic acids is 1. The maximum atomic E-state index is 10.9. The summed E-state index contributed by atoms with van der Waals surface area (Å²) in [6.45, 7) is 7.92. The number of hydrogen-bond acceptors (Lipinski definition) is 5. The monoisotopic (exact) mass is 332 g/mol. The van der Waals surface area contributed by atoms with Gasteiger partial charge in [-0.3, -0.25) is 4.99 Å². The quantitative estimate of drug-likeness (QED) is 0.473. The summed E-state index contributed by atoms with van der Waals surface area (Å²) < 4.78 is 5.61. The number of thiol groups is 1. The molecule has 0 fully saturated rings. The summed E-state index contributed by atoms with van der Waals surface area (Å²) in [5, 5.41) is 18.2. The van der Waals surface area contributed by atoms with Crippen molar-refractivity contribution in [3.8, 4) is 11.8 Å². The van der Waals surface area contributed by atoms with Gasteiger partial charge in [0.25, 0.3) is 0 Å². The van der Waals surface area contributed by atoms with Gasteiger partial charge in [-0.15, -0.1) is 12.6 Å². The molecule has 0 spiro atoms. The summed E-state index contributed by atoms with van der Waals surface area (Å²) in [5.74, 6) is -0.231. The van der Waals surface area contributed by atoms with Crippen LogP contribution in [0.2, 0.25) is 0 Å². The third kappa shape index (κ3) is 5.46. The molecule has 6 heteroatoms. The van der Waals surface area contributed by atoms with Crippen LogP contribution in [0.1, 0.15) is 38.8 Å². The molecule has 0 aliphatic heterocycles. The SMILES string of the molecule is CC(=N/C(C)=C(\S)C(=O)O)c1ccc(OCC(C)C)c(C#N)c1. The van der Waals surface area contributed by atoms with Crippen LogP contribution in [0.25, 0.3) is 0 Å². The molecule has 122 valence electrons. The molecule has 0 aromatic heterocycles. The van der Waals surface area contributed by atoms with E-state index in [2.05, 4.69) is 23.7 Å². The Bertz CT molecular complexity index is 700. The van der Waals surface area contributed by atoms with Crippen LogP contribution in [-0.4, -0.2) is 23.4 Å². The molecule has 23 heavy (non-hydrogen) atoms. The number of carboxylic acids is 1. The van der Waals surface area contributed by atoms with Gasteiger partial charge in [-0.05, 0) is 43.5 Å². The lowest BCUT2D eigenvalue weighted by Gasteiger charge is -2.11. The first kappa shape index (κ1) is 18.8. The van der Waals surface area contributed by atoms with Gasteiger partial charge < -0.3 is 9.84 Å². The fraction of sp³-hybridized carbons (Fsp3) is 0.353. The Morgan fingerprint density at radius 3 is 2.61 bits per heavy atom. The highest BCUT2D eigenvalue weighted by Gasteiger charge is 2.09. The number of rotatable bonds is 6. The minimum atomic E-state index is -1.13. The van der Waals surface area contributed by atoms with Gasteiger partial charge in [0.15, 0.2) is 0 Å². The molecule has 5 nitrogen and oxygen atoms in total. The van der Waals surface area contributed by atoms with E-state index in [1.54, 1.807) is 32.0 Å². The number of ether oxygens (including phenoxy) is 1. The van der Waals surface area contributed by atoms with Gasteiger partial charge in [0.05, 0.1) is 17.9 Å². The first-order valence-corrected chi connectivity index (χ1v) is 7.56. The first-order valence-electron chi connectivity index (χ1n) is 7.12. The average Bonchev–Trinajstić information content (AvgIpc) is 2.51. The maximum Gasteiger partial charge on any atom is 0.343 e. The topological polar surface area (TPSA) is 82.7 Å². The van der Waals surface area contributed by atoms with E-state index in [9.17, 15) is 10.1 Å². The number of benzene rings is 1. The predicted molar refractivity (Wildman–Crippen MR) is 93.0 cm³/mol. The summed E-state index contributed by atoms with van der Waals surface area (Å²) in [5.41, 5.74) is 2.05. The van der Waals surface area contributed by atoms with Crippen LogP contribution < -0.4 is 4.74 Å². The molecular weight excluding hydrogens is 312 g/mol. The number of nitriles is 1. The van der Waals surface area contributed by atoms with Crippen LogP contribution in [0.15, 0.2) is 33.8 Å². The minimum absolute atomic E-state index is 0.109. The Kier molecular flexibility index (Phi) is 6.86. The molecule has 1 aromatic rings. The molecule has 0 radical (unpaired) electrons. The van der Waals surface area contributed by atoms with Crippen molar-refractivity contribution in [2.75, 3.05) is 6.61 Å². The summed E-state index contributed by atoms with van der Waals surface area (Å²) in [4.78, 5) is 15.0. The fourth-order valence-corrected chi connectivity index (χ4v) is 1.80. The maximum absolute atomic E-state index is 10.9. The summed E-state index contributed by atoms with van der Waals surface area (Å²) in [6, 6.07) is 7.31. The van der Waals surface area contributed by atoms with Crippen LogP contribution in [0.5, 0.6) is 5.75 Å². The minimum Gasteiger partial charge on any atom is -0.492 e. The Morgan fingerprint density at radius 1 is 1.43 bits per heavy atom. The van der Waals surface area contributed by atoms with Gasteiger partial charge in [0.2, 0.25) is 0 Å². The molecule has 0 bridgehead atoms. The molecule has 0 amide bonds. The smallest absolute Gasteiger partial charge is 0.343 e. The van der Waals surface area contributed by atoms with E-state index in [0.717, 1.165) is 5.56 Å². The van der Waals surface area contributed by atoms with Crippen LogP contribution >= 0.6 is 12.6 Å². The van der Waals surface area contributed by atoms with Crippen molar-refractivity contribution < 1.29 is 14.6 Å². The highest BCUT2D eigenvalue weighted by atomic mass is 32.1. The highest BCUT2D eigenvalue weighted by Crippen LogP contribution is 2.21. The van der Waals surface area contributed by atoms with Crippen molar-refractivity contribution in [1.29, 1.82) is 5.26 Å². The van der Waals surface area contributed by atoms with E-state index < -0.39 is 5.97 Å². The van der Waals surface area contributed by atoms with Gasteiger partial charge in [-0.2, -0.15) is 5.26 Å². The summed E-state index contributed by atoms with van der Waals surface area (Å²) in [6.07, 6.45) is 0.